The van der Waals surface area contributed by atoms with Gasteiger partial charge in [-0.25, -0.2) is 0 Å². The first kappa shape index (κ1) is 13.4. The summed E-state index contributed by atoms with van der Waals surface area (Å²) >= 11 is 0. The van der Waals surface area contributed by atoms with Crippen molar-refractivity contribution in [3.63, 3.8) is 0 Å². The summed E-state index contributed by atoms with van der Waals surface area (Å²) in [5.74, 6) is 0.204. The minimum Gasteiger partial charge on any atom is -0.327 e. The van der Waals surface area contributed by atoms with Gasteiger partial charge in [-0.05, 0) is 36.5 Å². The summed E-state index contributed by atoms with van der Waals surface area (Å²) in [4.78, 5) is 0. The molecule has 1 aliphatic rings. The van der Waals surface area contributed by atoms with E-state index < -0.39 is 11.7 Å². The van der Waals surface area contributed by atoms with Gasteiger partial charge < -0.3 is 5.73 Å². The van der Waals surface area contributed by atoms with Gasteiger partial charge >= 0.3 is 6.18 Å². The van der Waals surface area contributed by atoms with E-state index in [1.807, 2.05) is 0 Å². The lowest BCUT2D eigenvalue weighted by atomic mass is 9.88. The Bertz CT molecular complexity index is 383. The molecule has 1 aliphatic carbocycles. The van der Waals surface area contributed by atoms with E-state index in [1.54, 1.807) is 12.1 Å². The van der Waals surface area contributed by atoms with Crippen molar-refractivity contribution >= 4 is 0 Å². The van der Waals surface area contributed by atoms with E-state index >= 15 is 0 Å². The Labute approximate surface area is 105 Å². The van der Waals surface area contributed by atoms with Crippen LogP contribution in [0.5, 0.6) is 0 Å². The lowest BCUT2D eigenvalue weighted by Crippen LogP contribution is -2.27. The number of hydrogen-bond acceptors (Lipinski definition) is 1. The van der Waals surface area contributed by atoms with Gasteiger partial charge in [0, 0.05) is 6.04 Å². The highest BCUT2D eigenvalue weighted by Gasteiger charge is 2.30. The summed E-state index contributed by atoms with van der Waals surface area (Å²) in [7, 11) is 0. The molecule has 0 radical (unpaired) electrons. The van der Waals surface area contributed by atoms with Crippen molar-refractivity contribution in [2.45, 2.75) is 50.2 Å². The van der Waals surface area contributed by atoms with Gasteiger partial charge in [-0.3, -0.25) is 0 Å². The van der Waals surface area contributed by atoms with Crippen LogP contribution < -0.4 is 5.73 Å². The molecular weight excluding hydrogens is 239 g/mol. The highest BCUT2D eigenvalue weighted by Crippen LogP contribution is 2.34. The molecule has 0 amide bonds. The van der Waals surface area contributed by atoms with Gasteiger partial charge in [-0.1, -0.05) is 31.4 Å². The SMILES string of the molecule is NC1CCCCCC1c1ccc(C(F)(F)F)cc1. The third-order valence-electron chi connectivity index (χ3n) is 3.74. The van der Waals surface area contributed by atoms with E-state index in [4.69, 9.17) is 5.73 Å². The number of halogens is 3. The second-order valence-corrected chi connectivity index (χ2v) is 5.03. The van der Waals surface area contributed by atoms with Crippen LogP contribution in [0.25, 0.3) is 0 Å². The quantitative estimate of drug-likeness (QED) is 0.754. The first-order valence-electron chi connectivity index (χ1n) is 6.41. The second-order valence-electron chi connectivity index (χ2n) is 5.03. The lowest BCUT2D eigenvalue weighted by Gasteiger charge is -2.22. The topological polar surface area (TPSA) is 26.0 Å². The van der Waals surface area contributed by atoms with Gasteiger partial charge in [0.15, 0.2) is 0 Å². The molecule has 1 fully saturated rings. The Morgan fingerprint density at radius 3 is 2.17 bits per heavy atom. The monoisotopic (exact) mass is 257 g/mol. The summed E-state index contributed by atoms with van der Waals surface area (Å²) in [6.07, 6.45) is 1.09. The van der Waals surface area contributed by atoms with E-state index in [9.17, 15) is 13.2 Å². The van der Waals surface area contributed by atoms with Crippen LogP contribution >= 0.6 is 0 Å². The predicted molar refractivity (Wildman–Crippen MR) is 65.2 cm³/mol. The molecule has 0 aliphatic heterocycles. The van der Waals surface area contributed by atoms with Crippen LogP contribution in [0.15, 0.2) is 24.3 Å². The Morgan fingerprint density at radius 2 is 1.56 bits per heavy atom. The summed E-state index contributed by atoms with van der Waals surface area (Å²) in [5.41, 5.74) is 6.47. The minimum atomic E-state index is -4.26. The van der Waals surface area contributed by atoms with Crippen LogP contribution in [0.3, 0.4) is 0 Å². The molecule has 1 aromatic rings. The molecular formula is C14H18F3N. The fourth-order valence-electron chi connectivity index (χ4n) is 2.67. The highest BCUT2D eigenvalue weighted by molar-refractivity contribution is 5.28. The molecule has 1 saturated carbocycles. The first-order chi connectivity index (χ1) is 8.48. The molecule has 0 heterocycles. The number of rotatable bonds is 1. The fourth-order valence-corrected chi connectivity index (χ4v) is 2.67. The third-order valence-corrected chi connectivity index (χ3v) is 3.74. The number of benzene rings is 1. The highest BCUT2D eigenvalue weighted by atomic mass is 19.4. The largest absolute Gasteiger partial charge is 0.416 e. The summed E-state index contributed by atoms with van der Waals surface area (Å²) in [5, 5.41) is 0. The van der Waals surface area contributed by atoms with E-state index in [1.165, 1.54) is 6.42 Å². The minimum absolute atomic E-state index is 0.0734. The molecule has 1 aromatic carbocycles. The first-order valence-corrected chi connectivity index (χ1v) is 6.41. The summed E-state index contributed by atoms with van der Waals surface area (Å²) in [6.45, 7) is 0. The molecule has 2 rings (SSSR count). The lowest BCUT2D eigenvalue weighted by molar-refractivity contribution is -0.137. The zero-order chi connectivity index (χ0) is 13.2. The summed E-state index contributed by atoms with van der Waals surface area (Å²) in [6, 6.07) is 5.56. The number of alkyl halides is 3. The van der Waals surface area contributed by atoms with Crippen molar-refractivity contribution in [1.82, 2.24) is 0 Å². The molecule has 100 valence electrons. The van der Waals surface area contributed by atoms with Crippen LogP contribution in [-0.2, 0) is 6.18 Å². The Morgan fingerprint density at radius 1 is 0.944 bits per heavy atom. The van der Waals surface area contributed by atoms with E-state index in [0.717, 1.165) is 43.4 Å². The van der Waals surface area contributed by atoms with Gasteiger partial charge in [0.2, 0.25) is 0 Å². The van der Waals surface area contributed by atoms with Crippen molar-refractivity contribution < 1.29 is 13.2 Å². The van der Waals surface area contributed by atoms with Crippen LogP contribution in [0.2, 0.25) is 0 Å². The van der Waals surface area contributed by atoms with Crippen LogP contribution in [0.1, 0.15) is 49.1 Å². The smallest absolute Gasteiger partial charge is 0.327 e. The van der Waals surface area contributed by atoms with Crippen LogP contribution in [-0.4, -0.2) is 6.04 Å². The fraction of sp³-hybridized carbons (Fsp3) is 0.571. The van der Waals surface area contributed by atoms with Crippen molar-refractivity contribution in [3.05, 3.63) is 35.4 Å². The maximum Gasteiger partial charge on any atom is 0.416 e. The van der Waals surface area contributed by atoms with Crippen LogP contribution in [0, 0.1) is 0 Å². The van der Waals surface area contributed by atoms with Crippen molar-refractivity contribution in [2.75, 3.05) is 0 Å². The molecule has 0 bridgehead atoms. The van der Waals surface area contributed by atoms with E-state index in [0.29, 0.717) is 0 Å². The maximum absolute atomic E-state index is 12.5. The van der Waals surface area contributed by atoms with E-state index in [-0.39, 0.29) is 12.0 Å². The van der Waals surface area contributed by atoms with Gasteiger partial charge in [0.1, 0.15) is 0 Å². The van der Waals surface area contributed by atoms with Crippen molar-refractivity contribution in [1.29, 1.82) is 0 Å². The molecule has 2 N–H and O–H groups in total. The molecule has 0 aromatic heterocycles. The molecule has 4 heteroatoms. The second kappa shape index (κ2) is 5.31. The Hall–Kier alpha value is -1.03. The van der Waals surface area contributed by atoms with Crippen molar-refractivity contribution in [3.8, 4) is 0 Å². The molecule has 0 saturated heterocycles. The zero-order valence-electron chi connectivity index (χ0n) is 10.2. The van der Waals surface area contributed by atoms with Gasteiger partial charge in [0.25, 0.3) is 0 Å². The third kappa shape index (κ3) is 3.05. The molecule has 2 atom stereocenters. The predicted octanol–water partition coefficient (Wildman–Crippen LogP) is 4.08. The Balaban J connectivity index is 2.17. The zero-order valence-corrected chi connectivity index (χ0v) is 10.2. The van der Waals surface area contributed by atoms with Crippen LogP contribution in [0.4, 0.5) is 13.2 Å². The molecule has 2 unspecified atom stereocenters. The number of nitrogens with two attached hydrogens (primary N) is 1. The molecule has 1 nitrogen and oxygen atoms in total. The average Bonchev–Trinajstić information content (AvgIpc) is 2.53. The maximum atomic E-state index is 12.5. The standard InChI is InChI=1S/C14H18F3N/c15-14(16,17)11-8-6-10(7-9-11)12-4-2-1-3-5-13(12)18/h6-9,12-13H,1-5,18H2. The normalized spacial score (nSPS) is 25.8. The van der Waals surface area contributed by atoms with Gasteiger partial charge in [-0.15, -0.1) is 0 Å². The Kier molecular flexibility index (Phi) is 3.95. The molecule has 18 heavy (non-hydrogen) atoms. The van der Waals surface area contributed by atoms with Crippen molar-refractivity contribution in [2.24, 2.45) is 5.73 Å². The van der Waals surface area contributed by atoms with Gasteiger partial charge in [0.05, 0.1) is 5.56 Å². The summed E-state index contributed by atoms with van der Waals surface area (Å²) < 4.78 is 37.4. The van der Waals surface area contributed by atoms with Gasteiger partial charge in [-0.2, -0.15) is 13.2 Å². The number of hydrogen-bond donors (Lipinski definition) is 1. The van der Waals surface area contributed by atoms with E-state index in [2.05, 4.69) is 0 Å². The molecule has 0 spiro atoms. The average molecular weight is 257 g/mol.